The summed E-state index contributed by atoms with van der Waals surface area (Å²) in [5.74, 6) is -0.263. The number of nitrogens with one attached hydrogen (secondary N) is 2. The predicted octanol–water partition coefficient (Wildman–Crippen LogP) is 3.54. The van der Waals surface area contributed by atoms with Crippen LogP contribution in [0.5, 0.6) is 0 Å². The Hall–Kier alpha value is -1.61. The lowest BCUT2D eigenvalue weighted by atomic mass is 10.1. The van der Waals surface area contributed by atoms with Crippen LogP contribution in [0.1, 0.15) is 29.3 Å². The van der Waals surface area contributed by atoms with Gasteiger partial charge >= 0.3 is 0 Å². The van der Waals surface area contributed by atoms with Crippen molar-refractivity contribution in [1.29, 1.82) is 0 Å². The van der Waals surface area contributed by atoms with E-state index >= 15 is 0 Å². The highest BCUT2D eigenvalue weighted by molar-refractivity contribution is 14.1. The lowest BCUT2D eigenvalue weighted by Crippen LogP contribution is -2.25. The first-order valence-electron chi connectivity index (χ1n) is 7.50. The molecule has 0 aliphatic carbocycles. The lowest BCUT2D eigenvalue weighted by molar-refractivity contribution is 0.0953. The second-order valence-corrected chi connectivity index (χ2v) is 8.27. The third-order valence-corrected chi connectivity index (χ3v) is 5.49. The highest BCUT2D eigenvalue weighted by Gasteiger charge is 2.18. The molecule has 24 heavy (non-hydrogen) atoms. The van der Waals surface area contributed by atoms with Crippen molar-refractivity contribution >= 4 is 44.2 Å². The number of hydrogen-bond acceptors (Lipinski definition) is 3. The van der Waals surface area contributed by atoms with E-state index in [1.807, 2.05) is 19.1 Å². The molecule has 2 rings (SSSR count). The van der Waals surface area contributed by atoms with E-state index in [4.69, 9.17) is 0 Å². The number of benzene rings is 2. The minimum atomic E-state index is -3.75. The molecule has 5 nitrogen and oxygen atoms in total. The molecule has 7 heteroatoms. The normalized spacial score (nSPS) is 11.1. The van der Waals surface area contributed by atoms with Gasteiger partial charge in [0.15, 0.2) is 0 Å². The maximum atomic E-state index is 12.5. The van der Waals surface area contributed by atoms with E-state index in [1.165, 1.54) is 12.1 Å². The smallest absolute Gasteiger partial charge is 0.261 e. The molecule has 0 unspecified atom stereocenters. The fourth-order valence-corrected chi connectivity index (χ4v) is 3.52. The molecule has 2 aromatic carbocycles. The molecular formula is C17H19IN2O3S. The lowest BCUT2D eigenvalue weighted by Gasteiger charge is -2.11. The largest absolute Gasteiger partial charge is 0.352 e. The first kappa shape index (κ1) is 18.7. The summed E-state index contributed by atoms with van der Waals surface area (Å²) in [5, 5.41) is 2.77. The Labute approximate surface area is 156 Å². The Balaban J connectivity index is 2.30. The van der Waals surface area contributed by atoms with Crippen LogP contribution in [-0.4, -0.2) is 20.9 Å². The average molecular weight is 458 g/mol. The van der Waals surface area contributed by atoms with Crippen LogP contribution < -0.4 is 10.0 Å². The molecule has 0 heterocycles. The van der Waals surface area contributed by atoms with Gasteiger partial charge in [-0.2, -0.15) is 0 Å². The number of rotatable bonds is 6. The molecular weight excluding hydrogens is 439 g/mol. The molecule has 0 bridgehead atoms. The number of aryl methyl sites for hydroxylation is 1. The first-order valence-corrected chi connectivity index (χ1v) is 10.1. The number of carbonyl (C=O) groups is 1. The van der Waals surface area contributed by atoms with Crippen LogP contribution in [0, 0.1) is 10.5 Å². The van der Waals surface area contributed by atoms with E-state index in [-0.39, 0.29) is 10.8 Å². The Kier molecular flexibility index (Phi) is 6.22. The number of carbonyl (C=O) groups excluding carboxylic acids is 1. The first-order chi connectivity index (χ1) is 11.3. The Bertz CT molecular complexity index is 833. The highest BCUT2D eigenvalue weighted by Crippen LogP contribution is 2.20. The quantitative estimate of drug-likeness (QED) is 0.651. The monoisotopic (exact) mass is 458 g/mol. The summed E-state index contributed by atoms with van der Waals surface area (Å²) < 4.78 is 28.6. The second-order valence-electron chi connectivity index (χ2n) is 5.35. The summed E-state index contributed by atoms with van der Waals surface area (Å²) in [6, 6.07) is 11.6. The SMILES string of the molecule is CCCNC(=O)c1cc(S(=O)(=O)Nc2ccc(I)cc2)ccc1C. The molecule has 0 radical (unpaired) electrons. The van der Waals surface area contributed by atoms with Crippen LogP contribution in [0.25, 0.3) is 0 Å². The van der Waals surface area contributed by atoms with Gasteiger partial charge in [-0.1, -0.05) is 13.0 Å². The zero-order chi connectivity index (χ0) is 17.7. The van der Waals surface area contributed by atoms with Gasteiger partial charge in [0.2, 0.25) is 0 Å². The summed E-state index contributed by atoms with van der Waals surface area (Å²) in [7, 11) is -3.75. The maximum absolute atomic E-state index is 12.5. The van der Waals surface area contributed by atoms with Gasteiger partial charge in [-0.15, -0.1) is 0 Å². The standard InChI is InChI=1S/C17H19IN2O3S/c1-3-10-19-17(21)16-11-15(9-4-12(16)2)24(22,23)20-14-7-5-13(18)6-8-14/h4-9,11,20H,3,10H2,1-2H3,(H,19,21). The average Bonchev–Trinajstić information content (AvgIpc) is 2.54. The minimum Gasteiger partial charge on any atom is -0.352 e. The van der Waals surface area contributed by atoms with Crippen molar-refractivity contribution in [3.8, 4) is 0 Å². The van der Waals surface area contributed by atoms with Gasteiger partial charge in [-0.05, 0) is 77.9 Å². The molecule has 0 aliphatic heterocycles. The number of anilines is 1. The Morgan fingerprint density at radius 1 is 1.12 bits per heavy atom. The maximum Gasteiger partial charge on any atom is 0.261 e. The Morgan fingerprint density at radius 3 is 2.42 bits per heavy atom. The van der Waals surface area contributed by atoms with E-state index in [2.05, 4.69) is 32.6 Å². The van der Waals surface area contributed by atoms with Crippen LogP contribution >= 0.6 is 22.6 Å². The van der Waals surface area contributed by atoms with Crippen molar-refractivity contribution in [3.63, 3.8) is 0 Å². The predicted molar refractivity (Wildman–Crippen MR) is 104 cm³/mol. The third-order valence-electron chi connectivity index (χ3n) is 3.40. The van der Waals surface area contributed by atoms with E-state index in [1.54, 1.807) is 25.1 Å². The van der Waals surface area contributed by atoms with E-state index in [0.717, 1.165) is 15.6 Å². The van der Waals surface area contributed by atoms with E-state index in [0.29, 0.717) is 17.8 Å². The Morgan fingerprint density at radius 2 is 1.79 bits per heavy atom. The zero-order valence-electron chi connectivity index (χ0n) is 13.5. The molecule has 2 aromatic rings. The highest BCUT2D eigenvalue weighted by atomic mass is 127. The van der Waals surface area contributed by atoms with Crippen LogP contribution in [0.3, 0.4) is 0 Å². The van der Waals surface area contributed by atoms with E-state index in [9.17, 15) is 13.2 Å². The fourth-order valence-electron chi connectivity index (χ4n) is 2.08. The third kappa shape index (κ3) is 4.70. The van der Waals surface area contributed by atoms with Gasteiger partial charge in [0, 0.05) is 21.4 Å². The van der Waals surface area contributed by atoms with Gasteiger partial charge < -0.3 is 5.32 Å². The number of hydrogen-bond donors (Lipinski definition) is 2. The molecule has 0 aliphatic rings. The van der Waals surface area contributed by atoms with Crippen molar-refractivity contribution in [3.05, 3.63) is 57.2 Å². The molecule has 128 valence electrons. The van der Waals surface area contributed by atoms with Crippen molar-refractivity contribution in [2.45, 2.75) is 25.2 Å². The summed E-state index contributed by atoms with van der Waals surface area (Å²) in [6.45, 7) is 4.29. The van der Waals surface area contributed by atoms with Gasteiger partial charge in [-0.25, -0.2) is 8.42 Å². The summed E-state index contributed by atoms with van der Waals surface area (Å²) >= 11 is 2.15. The minimum absolute atomic E-state index is 0.0632. The molecule has 0 aromatic heterocycles. The molecule has 0 saturated carbocycles. The number of amides is 1. The molecule has 0 atom stereocenters. The number of sulfonamides is 1. The van der Waals surface area contributed by atoms with Crippen LogP contribution in [0.15, 0.2) is 47.4 Å². The second kappa shape index (κ2) is 7.98. The van der Waals surface area contributed by atoms with Crippen molar-refractivity contribution in [2.24, 2.45) is 0 Å². The van der Waals surface area contributed by atoms with Crippen molar-refractivity contribution < 1.29 is 13.2 Å². The van der Waals surface area contributed by atoms with Gasteiger partial charge in [0.1, 0.15) is 0 Å². The molecule has 0 saturated heterocycles. The van der Waals surface area contributed by atoms with Crippen LogP contribution in [0.2, 0.25) is 0 Å². The molecule has 2 N–H and O–H groups in total. The summed E-state index contributed by atoms with van der Waals surface area (Å²) in [4.78, 5) is 12.2. The van der Waals surface area contributed by atoms with Gasteiger partial charge in [0.05, 0.1) is 4.90 Å². The van der Waals surface area contributed by atoms with Gasteiger partial charge in [-0.3, -0.25) is 9.52 Å². The van der Waals surface area contributed by atoms with Crippen LogP contribution in [0.4, 0.5) is 5.69 Å². The van der Waals surface area contributed by atoms with E-state index < -0.39 is 10.0 Å². The molecule has 0 spiro atoms. The molecule has 1 amide bonds. The fraction of sp³-hybridized carbons (Fsp3) is 0.235. The zero-order valence-corrected chi connectivity index (χ0v) is 16.4. The van der Waals surface area contributed by atoms with Crippen molar-refractivity contribution in [1.82, 2.24) is 5.32 Å². The molecule has 0 fully saturated rings. The topological polar surface area (TPSA) is 75.3 Å². The van der Waals surface area contributed by atoms with Crippen molar-refractivity contribution in [2.75, 3.05) is 11.3 Å². The summed E-state index contributed by atoms with van der Waals surface area (Å²) in [6.07, 6.45) is 0.817. The van der Waals surface area contributed by atoms with Gasteiger partial charge in [0.25, 0.3) is 15.9 Å². The van der Waals surface area contributed by atoms with Crippen LogP contribution in [-0.2, 0) is 10.0 Å². The summed E-state index contributed by atoms with van der Waals surface area (Å²) in [5.41, 5.74) is 1.58. The number of halogens is 1.